The van der Waals surface area contributed by atoms with Crippen molar-refractivity contribution in [3.63, 3.8) is 0 Å². The molecule has 1 aromatic carbocycles. The van der Waals surface area contributed by atoms with Crippen LogP contribution in [0.4, 0.5) is 20.2 Å². The lowest BCUT2D eigenvalue weighted by Crippen LogP contribution is -2.44. The quantitative estimate of drug-likeness (QED) is 0.269. The van der Waals surface area contributed by atoms with E-state index < -0.39 is 35.1 Å². The van der Waals surface area contributed by atoms with Gasteiger partial charge in [0.05, 0.1) is 11.9 Å². The summed E-state index contributed by atoms with van der Waals surface area (Å²) in [6, 6.07) is 7.15. The smallest absolute Gasteiger partial charge is 0.425 e. The van der Waals surface area contributed by atoms with Crippen molar-refractivity contribution >= 4 is 30.2 Å². The Morgan fingerprint density at radius 3 is 1.82 bits per heavy atom. The maximum Gasteiger partial charge on any atom is 0.425 e. The van der Waals surface area contributed by atoms with Crippen LogP contribution < -0.4 is 4.90 Å². The summed E-state index contributed by atoms with van der Waals surface area (Å²) in [6.45, 7) is 19.4. The summed E-state index contributed by atoms with van der Waals surface area (Å²) in [7, 11) is 1.65. The number of aromatic nitrogens is 4. The highest BCUT2D eigenvalue weighted by atomic mass is 16.6. The van der Waals surface area contributed by atoms with Crippen LogP contribution in [0.3, 0.4) is 0 Å². The number of rotatable bonds is 6. The Labute approximate surface area is 257 Å². The Bertz CT molecular complexity index is 1480. The number of amides is 3. The standard InChI is InChI=1S/C31H40N6O7/c1-12-21-17-32-23(37(27(39)43-30(5,6)7)28(40)44-31(8,9)10)22(33-21)25-35-34-24(41-25)20-15-13-19(14-16-20)18-36(11)26(38)42-29(2,3)4/h12-17H,1,18H2,2-11H3. The van der Waals surface area contributed by atoms with Crippen LogP contribution in [0.15, 0.2) is 41.5 Å². The van der Waals surface area contributed by atoms with Crippen molar-refractivity contribution < 1.29 is 33.0 Å². The summed E-state index contributed by atoms with van der Waals surface area (Å²) in [5.41, 5.74) is -0.771. The third-order valence-electron chi connectivity index (χ3n) is 5.30. The van der Waals surface area contributed by atoms with E-state index in [2.05, 4.69) is 26.7 Å². The van der Waals surface area contributed by atoms with Gasteiger partial charge in [0.25, 0.3) is 5.89 Å². The first-order valence-electron chi connectivity index (χ1n) is 13.9. The van der Waals surface area contributed by atoms with Gasteiger partial charge in [-0.3, -0.25) is 0 Å². The van der Waals surface area contributed by atoms with Crippen LogP contribution in [0.1, 0.15) is 73.6 Å². The number of imide groups is 1. The summed E-state index contributed by atoms with van der Waals surface area (Å²) in [5, 5.41) is 8.26. The van der Waals surface area contributed by atoms with E-state index in [1.807, 2.05) is 12.1 Å². The van der Waals surface area contributed by atoms with E-state index in [0.717, 1.165) is 5.56 Å². The van der Waals surface area contributed by atoms with Crippen molar-refractivity contribution in [2.45, 2.75) is 85.7 Å². The van der Waals surface area contributed by atoms with Crippen molar-refractivity contribution in [1.29, 1.82) is 0 Å². The molecule has 13 nitrogen and oxygen atoms in total. The molecule has 0 bridgehead atoms. The third-order valence-corrected chi connectivity index (χ3v) is 5.30. The Morgan fingerprint density at radius 1 is 0.818 bits per heavy atom. The van der Waals surface area contributed by atoms with Crippen LogP contribution >= 0.6 is 0 Å². The number of ether oxygens (including phenoxy) is 3. The average Bonchev–Trinajstić information content (AvgIpc) is 3.36. The molecule has 0 unspecified atom stereocenters. The lowest BCUT2D eigenvalue weighted by Gasteiger charge is -2.28. The van der Waals surface area contributed by atoms with Gasteiger partial charge in [-0.05, 0) is 86.1 Å². The fraction of sp³-hybridized carbons (Fsp3) is 0.452. The van der Waals surface area contributed by atoms with Gasteiger partial charge in [-0.25, -0.2) is 24.4 Å². The molecule has 0 aliphatic rings. The van der Waals surface area contributed by atoms with Crippen LogP contribution in [-0.4, -0.2) is 67.2 Å². The molecule has 0 radical (unpaired) electrons. The SMILES string of the molecule is C=Cc1cnc(N(C(=O)OC(C)(C)C)C(=O)OC(C)(C)C)c(-c2nnc(-c3ccc(CN(C)C(=O)OC(C)(C)C)cc3)o2)n1. The minimum Gasteiger partial charge on any atom is -0.444 e. The fourth-order valence-corrected chi connectivity index (χ4v) is 3.53. The Kier molecular flexibility index (Phi) is 9.82. The topological polar surface area (TPSA) is 150 Å². The van der Waals surface area contributed by atoms with Crippen LogP contribution in [0.25, 0.3) is 29.1 Å². The normalized spacial score (nSPS) is 11.9. The van der Waals surface area contributed by atoms with Gasteiger partial charge in [0, 0.05) is 19.2 Å². The van der Waals surface area contributed by atoms with E-state index in [4.69, 9.17) is 18.6 Å². The van der Waals surface area contributed by atoms with Gasteiger partial charge >= 0.3 is 18.3 Å². The van der Waals surface area contributed by atoms with E-state index in [0.29, 0.717) is 22.7 Å². The predicted octanol–water partition coefficient (Wildman–Crippen LogP) is 6.88. The molecule has 0 fully saturated rings. The molecule has 0 saturated carbocycles. The first kappa shape index (κ1) is 33.7. The zero-order chi connectivity index (χ0) is 33.0. The van der Waals surface area contributed by atoms with Crippen LogP contribution in [0, 0.1) is 0 Å². The fourth-order valence-electron chi connectivity index (χ4n) is 3.53. The molecule has 44 heavy (non-hydrogen) atoms. The molecule has 2 aromatic heterocycles. The van der Waals surface area contributed by atoms with Crippen molar-refractivity contribution in [3.8, 4) is 23.0 Å². The number of carbonyl (C=O) groups excluding carboxylic acids is 3. The van der Waals surface area contributed by atoms with Gasteiger partial charge < -0.3 is 23.5 Å². The molecular weight excluding hydrogens is 568 g/mol. The highest BCUT2D eigenvalue weighted by molar-refractivity contribution is 6.10. The van der Waals surface area contributed by atoms with E-state index in [9.17, 15) is 14.4 Å². The second-order valence-corrected chi connectivity index (χ2v) is 12.9. The average molecular weight is 609 g/mol. The second-order valence-electron chi connectivity index (χ2n) is 12.9. The van der Waals surface area contributed by atoms with Crippen LogP contribution in [-0.2, 0) is 20.8 Å². The predicted molar refractivity (Wildman–Crippen MR) is 163 cm³/mol. The molecule has 0 aliphatic heterocycles. The zero-order valence-corrected chi connectivity index (χ0v) is 26.9. The minimum absolute atomic E-state index is 0.0616. The number of nitrogens with zero attached hydrogens (tertiary/aromatic N) is 6. The Balaban J connectivity index is 1.97. The summed E-state index contributed by atoms with van der Waals surface area (Å²) >= 11 is 0. The Hall–Kier alpha value is -4.81. The molecule has 3 amide bonds. The first-order valence-corrected chi connectivity index (χ1v) is 13.9. The molecule has 0 saturated heterocycles. The van der Waals surface area contributed by atoms with Crippen molar-refractivity contribution in [1.82, 2.24) is 25.1 Å². The molecule has 0 atom stereocenters. The summed E-state index contributed by atoms with van der Waals surface area (Å²) in [5.74, 6) is -0.197. The molecule has 0 spiro atoms. The lowest BCUT2D eigenvalue weighted by molar-refractivity contribution is 0.0283. The largest absolute Gasteiger partial charge is 0.444 e. The number of anilines is 1. The number of benzene rings is 1. The van der Waals surface area contributed by atoms with Crippen molar-refractivity contribution in [2.24, 2.45) is 0 Å². The van der Waals surface area contributed by atoms with Gasteiger partial charge in [0.2, 0.25) is 5.89 Å². The van der Waals surface area contributed by atoms with Gasteiger partial charge in [0.15, 0.2) is 11.5 Å². The monoisotopic (exact) mass is 608 g/mol. The summed E-state index contributed by atoms with van der Waals surface area (Å²) < 4.78 is 22.3. The van der Waals surface area contributed by atoms with E-state index in [1.54, 1.807) is 81.5 Å². The molecule has 0 aliphatic carbocycles. The number of hydrogen-bond donors (Lipinski definition) is 0. The first-order chi connectivity index (χ1) is 20.3. The molecule has 3 aromatic rings. The highest BCUT2D eigenvalue weighted by Gasteiger charge is 2.37. The van der Waals surface area contributed by atoms with Gasteiger partial charge in [-0.1, -0.05) is 18.7 Å². The maximum atomic E-state index is 13.3. The molecular formula is C31H40N6O7. The third kappa shape index (κ3) is 9.35. The zero-order valence-electron chi connectivity index (χ0n) is 26.9. The lowest BCUT2D eigenvalue weighted by atomic mass is 10.1. The molecule has 0 N–H and O–H groups in total. The molecule has 2 heterocycles. The van der Waals surface area contributed by atoms with Crippen molar-refractivity contribution in [3.05, 3.63) is 48.3 Å². The van der Waals surface area contributed by atoms with Crippen LogP contribution in [0.5, 0.6) is 0 Å². The highest BCUT2D eigenvalue weighted by Crippen LogP contribution is 2.31. The summed E-state index contributed by atoms with van der Waals surface area (Å²) in [4.78, 5) is 49.8. The van der Waals surface area contributed by atoms with Gasteiger partial charge in [-0.15, -0.1) is 10.2 Å². The van der Waals surface area contributed by atoms with Gasteiger partial charge in [0.1, 0.15) is 16.8 Å². The minimum atomic E-state index is -1.03. The second kappa shape index (κ2) is 12.8. The maximum absolute atomic E-state index is 13.3. The molecule has 13 heteroatoms. The van der Waals surface area contributed by atoms with Gasteiger partial charge in [-0.2, -0.15) is 4.90 Å². The van der Waals surface area contributed by atoms with E-state index >= 15 is 0 Å². The van der Waals surface area contributed by atoms with Crippen LogP contribution in [0.2, 0.25) is 0 Å². The number of hydrogen-bond acceptors (Lipinski definition) is 11. The number of carbonyl (C=O) groups is 3. The summed E-state index contributed by atoms with van der Waals surface area (Å²) in [6.07, 6.45) is 0.280. The Morgan fingerprint density at radius 2 is 1.32 bits per heavy atom. The molecule has 236 valence electrons. The van der Waals surface area contributed by atoms with Crippen molar-refractivity contribution in [2.75, 3.05) is 11.9 Å². The molecule has 3 rings (SSSR count). The van der Waals surface area contributed by atoms with E-state index in [-0.39, 0.29) is 23.3 Å². The van der Waals surface area contributed by atoms with E-state index in [1.165, 1.54) is 17.2 Å².